The molecule has 1 N–H and O–H groups in total. The second-order valence-electron chi connectivity index (χ2n) is 5.79. The van der Waals surface area contributed by atoms with Gasteiger partial charge in [-0.05, 0) is 61.2 Å². The van der Waals surface area contributed by atoms with Crippen molar-refractivity contribution in [3.8, 4) is 0 Å². The van der Waals surface area contributed by atoms with Gasteiger partial charge in [-0.3, -0.25) is 0 Å². The quantitative estimate of drug-likeness (QED) is 0.926. The van der Waals surface area contributed by atoms with E-state index in [0.717, 1.165) is 25.9 Å². The average Bonchev–Trinajstić information content (AvgIpc) is 3.19. The van der Waals surface area contributed by atoms with Crippen LogP contribution in [0.1, 0.15) is 31.2 Å². The molecule has 2 amide bonds. The molecule has 1 aromatic heterocycles. The summed E-state index contributed by atoms with van der Waals surface area (Å²) >= 11 is 1.67. The fourth-order valence-corrected chi connectivity index (χ4v) is 3.90. The highest BCUT2D eigenvalue weighted by Gasteiger charge is 2.30. The Bertz CT molecular complexity index is 428. The standard InChI is InChI=1S/C15H23N3OS/c19-15(16-10-13-5-9-20-12-13)18-8-3-4-14(18)11-17-6-1-2-7-17/h5,9,12,14H,1-4,6-8,10-11H2,(H,16,19). The monoisotopic (exact) mass is 293 g/mol. The summed E-state index contributed by atoms with van der Waals surface area (Å²) < 4.78 is 0. The van der Waals surface area contributed by atoms with Crippen molar-refractivity contribution in [2.45, 2.75) is 38.3 Å². The summed E-state index contributed by atoms with van der Waals surface area (Å²) in [6, 6.07) is 2.59. The number of nitrogens with zero attached hydrogens (tertiary/aromatic N) is 2. The number of likely N-dealkylation sites (tertiary alicyclic amines) is 2. The molecule has 0 saturated carbocycles. The number of thiophene rings is 1. The predicted molar refractivity (Wildman–Crippen MR) is 82.0 cm³/mol. The van der Waals surface area contributed by atoms with E-state index in [9.17, 15) is 4.79 Å². The molecule has 3 heterocycles. The lowest BCUT2D eigenvalue weighted by atomic mass is 10.2. The Morgan fingerprint density at radius 3 is 2.90 bits per heavy atom. The van der Waals surface area contributed by atoms with Crippen LogP contribution in [0, 0.1) is 0 Å². The molecule has 5 heteroatoms. The molecule has 110 valence electrons. The minimum absolute atomic E-state index is 0.109. The van der Waals surface area contributed by atoms with Crippen molar-refractivity contribution in [1.82, 2.24) is 15.1 Å². The van der Waals surface area contributed by atoms with Gasteiger partial charge in [-0.1, -0.05) is 0 Å². The van der Waals surface area contributed by atoms with Gasteiger partial charge in [0.1, 0.15) is 0 Å². The molecule has 1 unspecified atom stereocenters. The largest absolute Gasteiger partial charge is 0.334 e. The number of amides is 2. The van der Waals surface area contributed by atoms with Crippen molar-refractivity contribution >= 4 is 17.4 Å². The van der Waals surface area contributed by atoms with Crippen LogP contribution in [-0.2, 0) is 6.54 Å². The number of urea groups is 1. The highest BCUT2D eigenvalue weighted by atomic mass is 32.1. The van der Waals surface area contributed by atoms with Crippen molar-refractivity contribution in [1.29, 1.82) is 0 Å². The van der Waals surface area contributed by atoms with E-state index in [4.69, 9.17) is 0 Å². The molecule has 2 aliphatic rings. The Hall–Kier alpha value is -1.07. The summed E-state index contributed by atoms with van der Waals surface area (Å²) in [5.41, 5.74) is 1.19. The molecule has 20 heavy (non-hydrogen) atoms. The van der Waals surface area contributed by atoms with Crippen LogP contribution in [0.3, 0.4) is 0 Å². The highest BCUT2D eigenvalue weighted by Crippen LogP contribution is 2.20. The van der Waals surface area contributed by atoms with Crippen LogP contribution in [-0.4, -0.2) is 48.1 Å². The summed E-state index contributed by atoms with van der Waals surface area (Å²) in [4.78, 5) is 16.9. The van der Waals surface area contributed by atoms with Crippen LogP contribution in [0.15, 0.2) is 16.8 Å². The van der Waals surface area contributed by atoms with E-state index in [-0.39, 0.29) is 6.03 Å². The second-order valence-corrected chi connectivity index (χ2v) is 6.57. The van der Waals surface area contributed by atoms with Gasteiger partial charge in [0, 0.05) is 25.7 Å². The van der Waals surface area contributed by atoms with Crippen LogP contribution in [0.25, 0.3) is 0 Å². The third-order valence-corrected chi connectivity index (χ3v) is 5.06. The van der Waals surface area contributed by atoms with E-state index >= 15 is 0 Å². The van der Waals surface area contributed by atoms with Crippen LogP contribution in [0.4, 0.5) is 4.79 Å². The van der Waals surface area contributed by atoms with Gasteiger partial charge in [0.2, 0.25) is 0 Å². The number of carbonyl (C=O) groups excluding carboxylic acids is 1. The van der Waals surface area contributed by atoms with Crippen LogP contribution >= 0.6 is 11.3 Å². The lowest BCUT2D eigenvalue weighted by Crippen LogP contribution is -2.46. The minimum atomic E-state index is 0.109. The van der Waals surface area contributed by atoms with E-state index in [1.165, 1.54) is 31.5 Å². The van der Waals surface area contributed by atoms with Gasteiger partial charge in [0.05, 0.1) is 0 Å². The summed E-state index contributed by atoms with van der Waals surface area (Å²) in [5.74, 6) is 0. The maximum atomic E-state index is 12.3. The van der Waals surface area contributed by atoms with Crippen molar-refractivity contribution in [2.24, 2.45) is 0 Å². The van der Waals surface area contributed by atoms with Crippen LogP contribution in [0.2, 0.25) is 0 Å². The van der Waals surface area contributed by atoms with Crippen molar-refractivity contribution in [3.63, 3.8) is 0 Å². The Kier molecular flexibility index (Phi) is 4.58. The van der Waals surface area contributed by atoms with Gasteiger partial charge in [-0.25, -0.2) is 4.79 Å². The molecule has 2 fully saturated rings. The topological polar surface area (TPSA) is 35.6 Å². The fraction of sp³-hybridized carbons (Fsp3) is 0.667. The van der Waals surface area contributed by atoms with Crippen LogP contribution in [0.5, 0.6) is 0 Å². The third-order valence-electron chi connectivity index (χ3n) is 4.33. The van der Waals surface area contributed by atoms with Crippen molar-refractivity contribution in [3.05, 3.63) is 22.4 Å². The molecule has 2 saturated heterocycles. The molecule has 0 aliphatic carbocycles. The molecule has 0 aromatic carbocycles. The first kappa shape index (κ1) is 13.9. The van der Waals surface area contributed by atoms with Gasteiger partial charge in [-0.15, -0.1) is 0 Å². The van der Waals surface area contributed by atoms with E-state index < -0.39 is 0 Å². The Balaban J connectivity index is 1.50. The lowest BCUT2D eigenvalue weighted by Gasteiger charge is -2.28. The maximum Gasteiger partial charge on any atom is 0.317 e. The average molecular weight is 293 g/mol. The van der Waals surface area contributed by atoms with Crippen molar-refractivity contribution in [2.75, 3.05) is 26.2 Å². The Morgan fingerprint density at radius 2 is 2.15 bits per heavy atom. The zero-order chi connectivity index (χ0) is 13.8. The zero-order valence-electron chi connectivity index (χ0n) is 11.9. The fourth-order valence-electron chi connectivity index (χ4n) is 3.23. The van der Waals surface area contributed by atoms with Gasteiger partial charge >= 0.3 is 6.03 Å². The van der Waals surface area contributed by atoms with Gasteiger partial charge in [-0.2, -0.15) is 11.3 Å². The number of nitrogens with one attached hydrogen (secondary N) is 1. The zero-order valence-corrected chi connectivity index (χ0v) is 12.7. The second kappa shape index (κ2) is 6.59. The van der Waals surface area contributed by atoms with Gasteiger partial charge < -0.3 is 15.1 Å². The molecule has 0 radical (unpaired) electrons. The number of hydrogen-bond donors (Lipinski definition) is 1. The molecule has 0 bridgehead atoms. The summed E-state index contributed by atoms with van der Waals surface area (Å²) in [7, 11) is 0. The summed E-state index contributed by atoms with van der Waals surface area (Å²) in [6.07, 6.45) is 4.93. The molecule has 2 aliphatic heterocycles. The van der Waals surface area contributed by atoms with E-state index in [0.29, 0.717) is 12.6 Å². The summed E-state index contributed by atoms with van der Waals surface area (Å²) in [6.45, 7) is 5.04. The maximum absolute atomic E-state index is 12.3. The first-order valence-electron chi connectivity index (χ1n) is 7.61. The first-order valence-corrected chi connectivity index (χ1v) is 8.55. The summed E-state index contributed by atoms with van der Waals surface area (Å²) in [5, 5.41) is 7.20. The smallest absolute Gasteiger partial charge is 0.317 e. The molecular formula is C15H23N3OS. The predicted octanol–water partition coefficient (Wildman–Crippen LogP) is 2.52. The van der Waals surface area contributed by atoms with Gasteiger partial charge in [0.15, 0.2) is 0 Å². The van der Waals surface area contributed by atoms with Crippen LogP contribution < -0.4 is 5.32 Å². The molecular weight excluding hydrogens is 270 g/mol. The van der Waals surface area contributed by atoms with Gasteiger partial charge in [0.25, 0.3) is 0 Å². The molecule has 1 aromatic rings. The normalized spacial score (nSPS) is 23.4. The van der Waals surface area contributed by atoms with E-state index in [1.807, 2.05) is 10.3 Å². The van der Waals surface area contributed by atoms with Crippen molar-refractivity contribution < 1.29 is 4.79 Å². The Morgan fingerprint density at radius 1 is 1.30 bits per heavy atom. The minimum Gasteiger partial charge on any atom is -0.334 e. The highest BCUT2D eigenvalue weighted by molar-refractivity contribution is 7.07. The Labute approximate surface area is 124 Å². The molecule has 1 atom stereocenters. The first-order chi connectivity index (χ1) is 9.83. The molecule has 3 rings (SSSR count). The third kappa shape index (κ3) is 3.33. The number of hydrogen-bond acceptors (Lipinski definition) is 3. The lowest BCUT2D eigenvalue weighted by molar-refractivity contribution is 0.174. The number of carbonyl (C=O) groups is 1. The number of rotatable bonds is 4. The van der Waals surface area contributed by atoms with E-state index in [2.05, 4.69) is 21.7 Å². The van der Waals surface area contributed by atoms with E-state index in [1.54, 1.807) is 11.3 Å². The molecule has 4 nitrogen and oxygen atoms in total. The SMILES string of the molecule is O=C(NCc1ccsc1)N1CCCC1CN1CCCC1. The molecule has 0 spiro atoms.